The Morgan fingerprint density at radius 3 is 2.64 bits per heavy atom. The first-order chi connectivity index (χ1) is 11.6. The van der Waals surface area contributed by atoms with Gasteiger partial charge in [0, 0.05) is 0 Å². The number of sulfonamides is 1. The van der Waals surface area contributed by atoms with Crippen LogP contribution in [0.3, 0.4) is 0 Å². The van der Waals surface area contributed by atoms with Gasteiger partial charge < -0.3 is 0 Å². The van der Waals surface area contributed by atoms with E-state index in [1.165, 1.54) is 22.9 Å². The fourth-order valence-electron chi connectivity index (χ4n) is 3.12. The highest BCUT2D eigenvalue weighted by atomic mass is 32.2. The highest BCUT2D eigenvalue weighted by Gasteiger charge is 2.33. The van der Waals surface area contributed by atoms with E-state index in [-0.39, 0.29) is 33.8 Å². The molecule has 1 aliphatic rings. The molecule has 1 aliphatic heterocycles. The molecule has 1 saturated heterocycles. The SMILES string of the molecule is Cc1nn([C@@H]2CCS(=O)(=O)C2)c(C)c1S(=O)(=O)Nc1cccc(F)c1. The van der Waals surface area contributed by atoms with Crippen molar-refractivity contribution in [1.82, 2.24) is 9.78 Å². The molecule has 0 unspecified atom stereocenters. The minimum absolute atomic E-state index is 0.0129. The molecule has 3 rings (SSSR count). The van der Waals surface area contributed by atoms with E-state index in [9.17, 15) is 21.2 Å². The molecule has 0 bridgehead atoms. The van der Waals surface area contributed by atoms with Crippen molar-refractivity contribution in [2.45, 2.75) is 31.2 Å². The summed E-state index contributed by atoms with van der Waals surface area (Å²) in [6.07, 6.45) is 0.404. The van der Waals surface area contributed by atoms with Gasteiger partial charge in [-0.2, -0.15) is 5.10 Å². The lowest BCUT2D eigenvalue weighted by Gasteiger charge is -2.12. The molecule has 0 radical (unpaired) electrons. The molecule has 1 aromatic carbocycles. The molecule has 7 nitrogen and oxygen atoms in total. The van der Waals surface area contributed by atoms with E-state index in [4.69, 9.17) is 0 Å². The average Bonchev–Trinajstić information content (AvgIpc) is 2.98. The number of anilines is 1. The molecule has 2 heterocycles. The minimum atomic E-state index is -3.98. The molecular weight excluding hydrogens is 369 g/mol. The Morgan fingerprint density at radius 1 is 1.32 bits per heavy atom. The van der Waals surface area contributed by atoms with E-state index >= 15 is 0 Å². The number of nitrogens with zero attached hydrogens (tertiary/aromatic N) is 2. The molecule has 1 atom stereocenters. The van der Waals surface area contributed by atoms with E-state index in [1.807, 2.05) is 0 Å². The van der Waals surface area contributed by atoms with Crippen LogP contribution in [-0.4, -0.2) is 38.1 Å². The second kappa shape index (κ2) is 6.10. The molecular formula is C15H18FN3O4S2. The largest absolute Gasteiger partial charge is 0.279 e. The highest BCUT2D eigenvalue weighted by molar-refractivity contribution is 7.92. The van der Waals surface area contributed by atoms with Crippen LogP contribution in [0.1, 0.15) is 23.9 Å². The average molecular weight is 387 g/mol. The Hall–Kier alpha value is -1.94. The molecule has 136 valence electrons. The van der Waals surface area contributed by atoms with Crippen LogP contribution in [-0.2, 0) is 19.9 Å². The minimum Gasteiger partial charge on any atom is -0.279 e. The van der Waals surface area contributed by atoms with Gasteiger partial charge in [-0.3, -0.25) is 9.40 Å². The van der Waals surface area contributed by atoms with Crippen molar-refractivity contribution in [3.63, 3.8) is 0 Å². The zero-order valence-electron chi connectivity index (χ0n) is 13.7. The Bertz CT molecular complexity index is 1030. The van der Waals surface area contributed by atoms with Gasteiger partial charge in [-0.1, -0.05) is 6.07 Å². The summed E-state index contributed by atoms with van der Waals surface area (Å²) in [5, 5.41) is 4.24. The number of hydrogen-bond acceptors (Lipinski definition) is 5. The molecule has 1 fully saturated rings. The fraction of sp³-hybridized carbons (Fsp3) is 0.400. The zero-order valence-corrected chi connectivity index (χ0v) is 15.4. The number of aromatic nitrogens is 2. The maximum absolute atomic E-state index is 13.3. The summed E-state index contributed by atoms with van der Waals surface area (Å²) >= 11 is 0. The number of benzene rings is 1. The number of sulfone groups is 1. The second-order valence-corrected chi connectivity index (χ2v) is 9.97. The maximum Gasteiger partial charge on any atom is 0.265 e. The van der Waals surface area contributed by atoms with Gasteiger partial charge in [0.1, 0.15) is 10.7 Å². The lowest BCUT2D eigenvalue weighted by molar-refractivity contribution is 0.484. The molecule has 0 spiro atoms. The van der Waals surface area contributed by atoms with Crippen molar-refractivity contribution in [3.05, 3.63) is 41.5 Å². The van der Waals surface area contributed by atoms with Gasteiger partial charge >= 0.3 is 0 Å². The van der Waals surface area contributed by atoms with E-state index in [1.54, 1.807) is 13.8 Å². The number of aryl methyl sites for hydroxylation is 1. The third kappa shape index (κ3) is 3.54. The summed E-state index contributed by atoms with van der Waals surface area (Å²) in [4.78, 5) is -0.0129. The van der Waals surface area contributed by atoms with Crippen molar-refractivity contribution >= 4 is 25.5 Å². The molecule has 0 aliphatic carbocycles. The van der Waals surface area contributed by atoms with Crippen LogP contribution < -0.4 is 4.72 Å². The van der Waals surface area contributed by atoms with Crippen molar-refractivity contribution in [3.8, 4) is 0 Å². The van der Waals surface area contributed by atoms with Crippen LogP contribution in [0.25, 0.3) is 0 Å². The Kier molecular flexibility index (Phi) is 4.36. The predicted molar refractivity (Wildman–Crippen MR) is 91.2 cm³/mol. The topological polar surface area (TPSA) is 98.1 Å². The number of nitrogens with one attached hydrogen (secondary N) is 1. The summed E-state index contributed by atoms with van der Waals surface area (Å²) in [5.74, 6) is -0.536. The first kappa shape index (κ1) is 17.9. The third-order valence-corrected chi connectivity index (χ3v) is 7.54. The van der Waals surface area contributed by atoms with Crippen LogP contribution >= 0.6 is 0 Å². The summed E-state index contributed by atoms with van der Waals surface area (Å²) < 4.78 is 65.9. The summed E-state index contributed by atoms with van der Waals surface area (Å²) in [7, 11) is -7.10. The van der Waals surface area contributed by atoms with Crippen molar-refractivity contribution in [2.24, 2.45) is 0 Å². The highest BCUT2D eigenvalue weighted by Crippen LogP contribution is 2.29. The normalized spacial score (nSPS) is 19.9. The molecule has 10 heteroatoms. The second-order valence-electron chi connectivity index (χ2n) is 6.12. The Balaban J connectivity index is 1.97. The maximum atomic E-state index is 13.3. The molecule has 25 heavy (non-hydrogen) atoms. The van der Waals surface area contributed by atoms with Gasteiger partial charge in [0.05, 0.1) is 34.6 Å². The third-order valence-electron chi connectivity index (χ3n) is 4.16. The van der Waals surface area contributed by atoms with Crippen LogP contribution in [0, 0.1) is 19.7 Å². The van der Waals surface area contributed by atoms with Crippen molar-refractivity contribution in [2.75, 3.05) is 16.2 Å². The van der Waals surface area contributed by atoms with Crippen molar-refractivity contribution in [1.29, 1.82) is 0 Å². The first-order valence-corrected chi connectivity index (χ1v) is 10.9. The molecule has 0 amide bonds. The van der Waals surface area contributed by atoms with Gasteiger partial charge in [0.25, 0.3) is 10.0 Å². The number of hydrogen-bond donors (Lipinski definition) is 1. The zero-order chi connectivity index (χ0) is 18.4. The van der Waals surface area contributed by atoms with Gasteiger partial charge in [-0.15, -0.1) is 0 Å². The van der Waals surface area contributed by atoms with Crippen LogP contribution in [0.5, 0.6) is 0 Å². The van der Waals surface area contributed by atoms with E-state index in [0.717, 1.165) is 6.07 Å². The van der Waals surface area contributed by atoms with Gasteiger partial charge in [-0.05, 0) is 38.5 Å². The Labute approximate surface area is 145 Å². The first-order valence-electron chi connectivity index (χ1n) is 7.63. The van der Waals surface area contributed by atoms with Gasteiger partial charge in [-0.25, -0.2) is 21.2 Å². The van der Waals surface area contributed by atoms with Crippen LogP contribution in [0.2, 0.25) is 0 Å². The molecule has 2 aromatic rings. The van der Waals surface area contributed by atoms with E-state index in [2.05, 4.69) is 9.82 Å². The van der Waals surface area contributed by atoms with Crippen LogP contribution in [0.15, 0.2) is 29.2 Å². The Morgan fingerprint density at radius 2 is 2.04 bits per heavy atom. The quantitative estimate of drug-likeness (QED) is 0.863. The number of halogens is 1. The smallest absolute Gasteiger partial charge is 0.265 e. The summed E-state index contributed by atoms with van der Waals surface area (Å²) in [6, 6.07) is 4.77. The molecule has 1 aromatic heterocycles. The molecule has 0 saturated carbocycles. The monoisotopic (exact) mass is 387 g/mol. The predicted octanol–water partition coefficient (Wildman–Crippen LogP) is 1.80. The lowest BCUT2D eigenvalue weighted by Crippen LogP contribution is -2.17. The summed E-state index contributed by atoms with van der Waals surface area (Å²) in [6.45, 7) is 3.14. The van der Waals surface area contributed by atoms with Crippen molar-refractivity contribution < 1.29 is 21.2 Å². The summed E-state index contributed by atoms with van der Waals surface area (Å²) in [5.41, 5.74) is 0.740. The number of rotatable bonds is 4. The fourth-order valence-corrected chi connectivity index (χ4v) is 6.26. The lowest BCUT2D eigenvalue weighted by atomic mass is 10.2. The van der Waals surface area contributed by atoms with E-state index < -0.39 is 25.7 Å². The van der Waals surface area contributed by atoms with E-state index in [0.29, 0.717) is 12.1 Å². The molecule has 1 N–H and O–H groups in total. The van der Waals surface area contributed by atoms with Crippen LogP contribution in [0.4, 0.5) is 10.1 Å². The standard InChI is InChI=1S/C15H18FN3O4S2/c1-10-15(25(22,23)18-13-5-3-4-12(16)8-13)11(2)19(17-10)14-6-7-24(20,21)9-14/h3-5,8,14,18H,6-7,9H2,1-2H3/t14-/m1/s1. The van der Waals surface area contributed by atoms with Gasteiger partial charge in [0.2, 0.25) is 0 Å². The van der Waals surface area contributed by atoms with Gasteiger partial charge in [0.15, 0.2) is 9.84 Å².